The lowest BCUT2D eigenvalue weighted by atomic mass is 9.84. The summed E-state index contributed by atoms with van der Waals surface area (Å²) >= 11 is 0. The Morgan fingerprint density at radius 3 is 2.61 bits per heavy atom. The van der Waals surface area contributed by atoms with Crippen LogP contribution in [0.2, 0.25) is 0 Å². The van der Waals surface area contributed by atoms with E-state index < -0.39 is 36.4 Å². The van der Waals surface area contributed by atoms with Crippen LogP contribution < -0.4 is 11.2 Å². The second-order valence-electron chi connectivity index (χ2n) is 4.67. The highest BCUT2D eigenvalue weighted by molar-refractivity contribution is 5.76. The van der Waals surface area contributed by atoms with Gasteiger partial charge in [-0.3, -0.25) is 4.79 Å². The van der Waals surface area contributed by atoms with Gasteiger partial charge in [0, 0.05) is 18.4 Å². The van der Waals surface area contributed by atoms with Crippen LogP contribution in [-0.4, -0.2) is 56.6 Å². The second-order valence-corrected chi connectivity index (χ2v) is 4.67. The fourth-order valence-electron chi connectivity index (χ4n) is 2.27. The van der Waals surface area contributed by atoms with Crippen LogP contribution in [0.15, 0.2) is 0 Å². The SMILES string of the molecule is C[C@H](C(N)=O)[C@@H]1CC[C@H](O)N(C[C@H](O)NO)[C@H]1O. The predicted octanol–water partition coefficient (Wildman–Crippen LogP) is -2.25. The van der Waals surface area contributed by atoms with Gasteiger partial charge >= 0.3 is 0 Å². The van der Waals surface area contributed by atoms with Crippen molar-refractivity contribution in [2.75, 3.05) is 6.54 Å². The van der Waals surface area contributed by atoms with E-state index >= 15 is 0 Å². The van der Waals surface area contributed by atoms with Crippen molar-refractivity contribution in [3.63, 3.8) is 0 Å². The number of likely N-dealkylation sites (tertiary alicyclic amines) is 1. The minimum atomic E-state index is -1.29. The molecule has 7 N–H and O–H groups in total. The van der Waals surface area contributed by atoms with Crippen LogP contribution in [0, 0.1) is 11.8 Å². The summed E-state index contributed by atoms with van der Waals surface area (Å²) in [5, 5.41) is 37.7. The average molecular weight is 263 g/mol. The molecule has 8 nitrogen and oxygen atoms in total. The summed E-state index contributed by atoms with van der Waals surface area (Å²) in [6.45, 7) is 1.45. The van der Waals surface area contributed by atoms with E-state index in [1.807, 2.05) is 0 Å². The molecule has 1 fully saturated rings. The number of nitrogens with two attached hydrogens (primary N) is 1. The van der Waals surface area contributed by atoms with Crippen molar-refractivity contribution in [3.05, 3.63) is 0 Å². The van der Waals surface area contributed by atoms with Crippen LogP contribution in [0.4, 0.5) is 0 Å². The van der Waals surface area contributed by atoms with Crippen molar-refractivity contribution in [3.8, 4) is 0 Å². The van der Waals surface area contributed by atoms with E-state index in [0.717, 1.165) is 0 Å². The van der Waals surface area contributed by atoms with Gasteiger partial charge in [-0.05, 0) is 12.8 Å². The number of amides is 1. The van der Waals surface area contributed by atoms with Crippen LogP contribution in [0.1, 0.15) is 19.8 Å². The molecule has 0 radical (unpaired) electrons. The number of primary amides is 1. The highest BCUT2D eigenvalue weighted by Gasteiger charge is 2.40. The maximum atomic E-state index is 11.1. The van der Waals surface area contributed by atoms with Gasteiger partial charge in [0.25, 0.3) is 0 Å². The normalized spacial score (nSPS) is 33.1. The Morgan fingerprint density at radius 1 is 1.50 bits per heavy atom. The highest BCUT2D eigenvalue weighted by Crippen LogP contribution is 2.31. The molecule has 0 aromatic carbocycles. The first-order valence-electron chi connectivity index (χ1n) is 5.87. The number of hydrogen-bond donors (Lipinski definition) is 6. The molecule has 1 aliphatic heterocycles. The van der Waals surface area contributed by atoms with Gasteiger partial charge in [0.15, 0.2) is 0 Å². The third-order valence-electron chi connectivity index (χ3n) is 3.49. The van der Waals surface area contributed by atoms with E-state index in [9.17, 15) is 20.1 Å². The molecule has 0 saturated carbocycles. The van der Waals surface area contributed by atoms with Crippen molar-refractivity contribution < 1.29 is 25.3 Å². The molecule has 106 valence electrons. The standard InChI is InChI=1S/C10H21N3O5/c1-5(9(11)16)6-2-3-8(15)13(10(6)17)4-7(14)12-18/h5-8,10,12,14-15,17-18H,2-4H2,1H3,(H2,11,16)/t5-,6-,7-,8-,10-/m0/s1. The van der Waals surface area contributed by atoms with Crippen molar-refractivity contribution in [1.29, 1.82) is 0 Å². The number of rotatable bonds is 5. The zero-order chi connectivity index (χ0) is 13.9. The van der Waals surface area contributed by atoms with Crippen molar-refractivity contribution in [1.82, 2.24) is 10.4 Å². The van der Waals surface area contributed by atoms with E-state index in [0.29, 0.717) is 12.8 Å². The molecule has 0 spiro atoms. The maximum absolute atomic E-state index is 11.1. The molecule has 8 heteroatoms. The molecular weight excluding hydrogens is 242 g/mol. The first-order chi connectivity index (χ1) is 8.38. The van der Waals surface area contributed by atoms with Crippen LogP contribution in [0.25, 0.3) is 0 Å². The van der Waals surface area contributed by atoms with Gasteiger partial charge in [-0.25, -0.2) is 4.90 Å². The van der Waals surface area contributed by atoms with E-state index in [1.54, 1.807) is 12.4 Å². The zero-order valence-corrected chi connectivity index (χ0v) is 10.2. The molecule has 0 aromatic rings. The summed E-state index contributed by atoms with van der Waals surface area (Å²) in [6.07, 6.45) is -2.50. The fraction of sp³-hybridized carbons (Fsp3) is 0.900. The first kappa shape index (κ1) is 15.3. The van der Waals surface area contributed by atoms with Gasteiger partial charge in [0.05, 0.1) is 0 Å². The number of β-amino-alcohol motifs (C(OH)–C–C–N with tert-alkyl or cyclic N) is 1. The topological polar surface area (TPSA) is 139 Å². The molecule has 1 heterocycles. The van der Waals surface area contributed by atoms with Gasteiger partial charge in [-0.15, -0.1) is 0 Å². The molecule has 1 rings (SSSR count). The summed E-state index contributed by atoms with van der Waals surface area (Å²) in [6, 6.07) is 0. The Balaban J connectivity index is 2.73. The van der Waals surface area contributed by atoms with Crippen molar-refractivity contribution >= 4 is 5.91 Å². The van der Waals surface area contributed by atoms with Gasteiger partial charge in [0.1, 0.15) is 18.7 Å². The minimum Gasteiger partial charge on any atom is -0.378 e. The number of hydrogen-bond acceptors (Lipinski definition) is 7. The molecule has 1 amide bonds. The smallest absolute Gasteiger partial charge is 0.220 e. The lowest BCUT2D eigenvalue weighted by Gasteiger charge is -2.43. The van der Waals surface area contributed by atoms with Gasteiger partial charge in [-0.1, -0.05) is 6.92 Å². The van der Waals surface area contributed by atoms with E-state index in [2.05, 4.69) is 0 Å². The first-order valence-corrected chi connectivity index (χ1v) is 5.87. The summed E-state index contributed by atoms with van der Waals surface area (Å²) in [4.78, 5) is 12.4. The number of hydroxylamine groups is 1. The molecule has 0 aromatic heterocycles. The Hall–Kier alpha value is -0.770. The van der Waals surface area contributed by atoms with Crippen LogP contribution in [0.3, 0.4) is 0 Å². The number of carbonyl (C=O) groups is 1. The van der Waals surface area contributed by atoms with E-state index in [4.69, 9.17) is 10.9 Å². The molecule has 0 aliphatic carbocycles. The maximum Gasteiger partial charge on any atom is 0.220 e. The molecule has 0 bridgehead atoms. The number of carbonyl (C=O) groups excluding carboxylic acids is 1. The monoisotopic (exact) mass is 263 g/mol. The number of aliphatic hydroxyl groups excluding tert-OH is 3. The molecule has 5 atom stereocenters. The Labute approximate surface area is 105 Å². The lowest BCUT2D eigenvalue weighted by molar-refractivity contribution is -0.185. The number of nitrogens with zero attached hydrogens (tertiary/aromatic N) is 1. The second kappa shape index (κ2) is 6.41. The van der Waals surface area contributed by atoms with E-state index in [-0.39, 0.29) is 6.54 Å². The van der Waals surface area contributed by atoms with E-state index in [1.165, 1.54) is 4.90 Å². The summed E-state index contributed by atoms with van der Waals surface area (Å²) in [7, 11) is 0. The van der Waals surface area contributed by atoms with Crippen molar-refractivity contribution in [2.45, 2.75) is 38.4 Å². The third-order valence-corrected chi connectivity index (χ3v) is 3.49. The van der Waals surface area contributed by atoms with Gasteiger partial charge in [-0.2, -0.15) is 5.48 Å². The lowest BCUT2D eigenvalue weighted by Crippen LogP contribution is -2.57. The van der Waals surface area contributed by atoms with Gasteiger partial charge < -0.3 is 26.3 Å². The molecule has 18 heavy (non-hydrogen) atoms. The largest absolute Gasteiger partial charge is 0.378 e. The van der Waals surface area contributed by atoms with Crippen LogP contribution in [-0.2, 0) is 4.79 Å². The Morgan fingerprint density at radius 2 is 2.11 bits per heavy atom. The van der Waals surface area contributed by atoms with Crippen molar-refractivity contribution in [2.24, 2.45) is 17.6 Å². The van der Waals surface area contributed by atoms with Crippen LogP contribution >= 0.6 is 0 Å². The Bertz CT molecular complexity index is 291. The fourth-order valence-corrected chi connectivity index (χ4v) is 2.27. The highest BCUT2D eigenvalue weighted by atomic mass is 16.5. The van der Waals surface area contributed by atoms with Crippen LogP contribution in [0.5, 0.6) is 0 Å². The summed E-state index contributed by atoms with van der Waals surface area (Å²) < 4.78 is 0. The molecule has 1 saturated heterocycles. The third kappa shape index (κ3) is 3.37. The molecule has 0 unspecified atom stereocenters. The average Bonchev–Trinajstić information content (AvgIpc) is 2.33. The zero-order valence-electron chi connectivity index (χ0n) is 10.2. The Kier molecular flexibility index (Phi) is 5.45. The molecular formula is C10H21N3O5. The number of nitrogens with one attached hydrogen (secondary N) is 1. The number of aliphatic hydroxyl groups is 3. The molecule has 1 aliphatic rings. The minimum absolute atomic E-state index is 0.166. The predicted molar refractivity (Wildman–Crippen MR) is 60.7 cm³/mol. The summed E-state index contributed by atoms with van der Waals surface area (Å²) in [5.74, 6) is -1.46. The van der Waals surface area contributed by atoms with Gasteiger partial charge in [0.2, 0.25) is 5.91 Å². The quantitative estimate of drug-likeness (QED) is 0.243. The summed E-state index contributed by atoms with van der Waals surface area (Å²) in [5.41, 5.74) is 6.82. The number of piperidine rings is 1.